The molecule has 1 atom stereocenters. The molecule has 148 valence electrons. The van der Waals surface area contributed by atoms with E-state index in [1.165, 1.54) is 6.07 Å². The van der Waals surface area contributed by atoms with Gasteiger partial charge < -0.3 is 10.2 Å². The van der Waals surface area contributed by atoms with Gasteiger partial charge in [0.2, 0.25) is 0 Å². The lowest BCUT2D eigenvalue weighted by atomic mass is 10.0. The Morgan fingerprint density at radius 3 is 2.90 bits per heavy atom. The van der Waals surface area contributed by atoms with Gasteiger partial charge in [-0.15, -0.1) is 0 Å². The minimum absolute atomic E-state index is 0.0893. The van der Waals surface area contributed by atoms with E-state index in [1.54, 1.807) is 35.3 Å². The second-order valence-corrected chi connectivity index (χ2v) is 7.50. The van der Waals surface area contributed by atoms with Gasteiger partial charge in [-0.25, -0.2) is 9.07 Å². The molecule has 7 heteroatoms. The van der Waals surface area contributed by atoms with Gasteiger partial charge in [0.25, 0.3) is 5.91 Å². The molecule has 0 radical (unpaired) electrons. The first-order valence-electron chi connectivity index (χ1n) is 10.0. The molecule has 2 aromatic heterocycles. The Bertz CT molecular complexity index is 1050. The summed E-state index contributed by atoms with van der Waals surface area (Å²) in [5, 5.41) is 7.98. The van der Waals surface area contributed by atoms with Crippen LogP contribution in [-0.4, -0.2) is 45.2 Å². The molecule has 1 fully saturated rings. The summed E-state index contributed by atoms with van der Waals surface area (Å²) in [4.78, 5) is 19.7. The van der Waals surface area contributed by atoms with Crippen LogP contribution in [0.5, 0.6) is 0 Å². The van der Waals surface area contributed by atoms with Crippen LogP contribution in [0.3, 0.4) is 0 Å². The maximum absolute atomic E-state index is 14.4. The standard InChI is InChI=1S/C22H22FN5O/c23-17-7-1-2-8-19(17)28-18-9-3-6-16(18)21(26-28)22(29)27-12-11-25-14-20(27)15-5-4-10-24-13-15/h1-2,4-5,7-8,10,13,20,25H,3,6,9,11-12,14H2. The zero-order valence-electron chi connectivity index (χ0n) is 16.0. The van der Waals surface area contributed by atoms with Gasteiger partial charge in [-0.3, -0.25) is 9.78 Å². The van der Waals surface area contributed by atoms with E-state index in [-0.39, 0.29) is 17.8 Å². The van der Waals surface area contributed by atoms with Crippen molar-refractivity contribution in [3.63, 3.8) is 0 Å². The van der Waals surface area contributed by atoms with Crippen molar-refractivity contribution in [3.8, 4) is 5.69 Å². The third kappa shape index (κ3) is 3.11. The van der Waals surface area contributed by atoms with Crippen molar-refractivity contribution in [2.45, 2.75) is 25.3 Å². The first kappa shape index (κ1) is 18.0. The van der Waals surface area contributed by atoms with Crippen molar-refractivity contribution in [2.75, 3.05) is 19.6 Å². The first-order valence-corrected chi connectivity index (χ1v) is 10.0. The summed E-state index contributed by atoms with van der Waals surface area (Å²) in [6.45, 7) is 2.01. The van der Waals surface area contributed by atoms with Crippen LogP contribution in [0.15, 0.2) is 48.8 Å². The summed E-state index contributed by atoms with van der Waals surface area (Å²) in [6, 6.07) is 10.4. The van der Waals surface area contributed by atoms with Crippen LogP contribution in [0, 0.1) is 5.82 Å². The predicted molar refractivity (Wildman–Crippen MR) is 106 cm³/mol. The maximum atomic E-state index is 14.4. The Hall–Kier alpha value is -3.06. The van der Waals surface area contributed by atoms with E-state index in [0.717, 1.165) is 42.6 Å². The summed E-state index contributed by atoms with van der Waals surface area (Å²) >= 11 is 0. The molecule has 1 aromatic carbocycles. The molecule has 1 aliphatic heterocycles. The molecule has 5 rings (SSSR count). The fourth-order valence-electron chi connectivity index (χ4n) is 4.39. The Kier molecular flexibility index (Phi) is 4.60. The second-order valence-electron chi connectivity index (χ2n) is 7.50. The third-order valence-electron chi connectivity index (χ3n) is 5.79. The lowest BCUT2D eigenvalue weighted by Crippen LogP contribution is -2.49. The van der Waals surface area contributed by atoms with E-state index in [2.05, 4.69) is 15.4 Å². The van der Waals surface area contributed by atoms with Crippen molar-refractivity contribution in [2.24, 2.45) is 0 Å². The minimum atomic E-state index is -0.334. The van der Waals surface area contributed by atoms with Gasteiger partial charge in [0.15, 0.2) is 5.69 Å². The molecular weight excluding hydrogens is 369 g/mol. The van der Waals surface area contributed by atoms with Crippen LogP contribution < -0.4 is 5.32 Å². The molecule has 1 N–H and O–H groups in total. The minimum Gasteiger partial charge on any atom is -0.328 e. The number of amides is 1. The van der Waals surface area contributed by atoms with Crippen LogP contribution in [0.1, 0.15) is 39.8 Å². The van der Waals surface area contributed by atoms with E-state index in [4.69, 9.17) is 0 Å². The number of pyridine rings is 1. The largest absolute Gasteiger partial charge is 0.328 e. The molecule has 3 heterocycles. The Morgan fingerprint density at radius 2 is 2.07 bits per heavy atom. The number of nitrogens with zero attached hydrogens (tertiary/aromatic N) is 4. The molecule has 3 aromatic rings. The number of aromatic nitrogens is 3. The highest BCUT2D eigenvalue weighted by molar-refractivity contribution is 5.94. The summed E-state index contributed by atoms with van der Waals surface area (Å²) in [5.41, 5.74) is 3.76. The predicted octanol–water partition coefficient (Wildman–Crippen LogP) is 2.68. The molecule has 1 unspecified atom stereocenters. The highest BCUT2D eigenvalue weighted by atomic mass is 19.1. The Labute approximate surface area is 168 Å². The van der Waals surface area contributed by atoms with Crippen molar-refractivity contribution in [1.29, 1.82) is 0 Å². The molecule has 6 nitrogen and oxygen atoms in total. The molecule has 2 aliphatic rings. The van der Waals surface area contributed by atoms with Crippen LogP contribution in [0.2, 0.25) is 0 Å². The number of halogens is 1. The summed E-state index contributed by atoms with van der Waals surface area (Å²) in [6.07, 6.45) is 6.09. The topological polar surface area (TPSA) is 63.1 Å². The van der Waals surface area contributed by atoms with Gasteiger partial charge in [-0.05, 0) is 43.0 Å². The van der Waals surface area contributed by atoms with Gasteiger partial charge in [-0.2, -0.15) is 5.10 Å². The molecule has 0 spiro atoms. The van der Waals surface area contributed by atoms with Crippen LogP contribution in [0.25, 0.3) is 5.69 Å². The summed E-state index contributed by atoms with van der Waals surface area (Å²) in [5.74, 6) is -0.423. The van der Waals surface area contributed by atoms with Gasteiger partial charge in [0.1, 0.15) is 11.5 Å². The Morgan fingerprint density at radius 1 is 1.17 bits per heavy atom. The van der Waals surface area contributed by atoms with Crippen molar-refractivity contribution in [1.82, 2.24) is 25.0 Å². The van der Waals surface area contributed by atoms with Gasteiger partial charge >= 0.3 is 0 Å². The number of piperazine rings is 1. The highest BCUT2D eigenvalue weighted by Crippen LogP contribution is 2.31. The summed E-state index contributed by atoms with van der Waals surface area (Å²) < 4.78 is 16.1. The number of para-hydroxylation sites is 1. The maximum Gasteiger partial charge on any atom is 0.275 e. The van der Waals surface area contributed by atoms with Gasteiger partial charge in [0, 0.05) is 43.3 Å². The van der Waals surface area contributed by atoms with Gasteiger partial charge in [0.05, 0.1) is 6.04 Å². The lowest BCUT2D eigenvalue weighted by molar-refractivity contribution is 0.0626. The fraction of sp³-hybridized carbons (Fsp3) is 0.318. The van der Waals surface area contributed by atoms with Crippen molar-refractivity contribution in [3.05, 3.63) is 77.1 Å². The molecule has 0 bridgehead atoms. The van der Waals surface area contributed by atoms with E-state index >= 15 is 0 Å². The van der Waals surface area contributed by atoms with Crippen molar-refractivity contribution < 1.29 is 9.18 Å². The quantitative estimate of drug-likeness (QED) is 0.746. The molecular formula is C22H22FN5O. The number of carbonyl (C=O) groups excluding carboxylic acids is 1. The van der Waals surface area contributed by atoms with Crippen LogP contribution in [-0.2, 0) is 12.8 Å². The molecule has 1 saturated heterocycles. The monoisotopic (exact) mass is 391 g/mol. The molecule has 29 heavy (non-hydrogen) atoms. The van der Waals surface area contributed by atoms with Crippen LogP contribution >= 0.6 is 0 Å². The van der Waals surface area contributed by atoms with E-state index in [9.17, 15) is 9.18 Å². The number of nitrogens with one attached hydrogen (secondary N) is 1. The zero-order chi connectivity index (χ0) is 19.8. The first-order chi connectivity index (χ1) is 14.2. The molecule has 1 amide bonds. The highest BCUT2D eigenvalue weighted by Gasteiger charge is 2.34. The lowest BCUT2D eigenvalue weighted by Gasteiger charge is -2.36. The van der Waals surface area contributed by atoms with E-state index in [0.29, 0.717) is 24.5 Å². The van der Waals surface area contributed by atoms with E-state index in [1.807, 2.05) is 17.0 Å². The molecule has 0 saturated carbocycles. The molecule has 1 aliphatic carbocycles. The number of benzene rings is 1. The summed E-state index contributed by atoms with van der Waals surface area (Å²) in [7, 11) is 0. The SMILES string of the molecule is O=C(c1nn(-c2ccccc2F)c2c1CCC2)N1CCNCC1c1cccnc1. The number of hydrogen-bond acceptors (Lipinski definition) is 4. The second kappa shape index (κ2) is 7.40. The van der Waals surface area contributed by atoms with Crippen LogP contribution in [0.4, 0.5) is 4.39 Å². The smallest absolute Gasteiger partial charge is 0.275 e. The van der Waals surface area contributed by atoms with Gasteiger partial charge in [-0.1, -0.05) is 18.2 Å². The number of carbonyl (C=O) groups is 1. The normalized spacial score (nSPS) is 18.7. The number of hydrogen-bond donors (Lipinski definition) is 1. The zero-order valence-corrected chi connectivity index (χ0v) is 16.0. The fourth-order valence-corrected chi connectivity index (χ4v) is 4.39. The number of fused-ring (bicyclic) bond motifs is 1. The average molecular weight is 391 g/mol. The average Bonchev–Trinajstić information content (AvgIpc) is 3.37. The number of rotatable bonds is 3. The third-order valence-corrected chi connectivity index (χ3v) is 5.79. The van der Waals surface area contributed by atoms with E-state index < -0.39 is 0 Å². The van der Waals surface area contributed by atoms with Crippen molar-refractivity contribution >= 4 is 5.91 Å². The Balaban J connectivity index is 1.55.